The third-order valence-corrected chi connectivity index (χ3v) is 6.18. The topological polar surface area (TPSA) is 113 Å². The number of ether oxygens (including phenoxy) is 1. The van der Waals surface area contributed by atoms with Crippen LogP contribution in [-0.2, 0) is 25.7 Å². The van der Waals surface area contributed by atoms with Crippen LogP contribution < -0.4 is 5.32 Å². The molecule has 2 rings (SSSR count). The molecule has 7 nitrogen and oxygen atoms in total. The number of rotatable bonds is 13. The van der Waals surface area contributed by atoms with Crippen molar-refractivity contribution in [2.75, 3.05) is 6.61 Å². The van der Waals surface area contributed by atoms with Crippen molar-refractivity contribution in [1.82, 2.24) is 5.32 Å². The summed E-state index contributed by atoms with van der Waals surface area (Å²) in [5, 5.41) is 22.3. The fourth-order valence-corrected chi connectivity index (χ4v) is 4.44. The number of benzene rings is 1. The molecule has 1 aromatic rings. The average molecular weight is 454 g/mol. The number of aliphatic carboxylic acids is 2. The highest BCUT2D eigenvalue weighted by atomic mass is 35.5. The van der Waals surface area contributed by atoms with Crippen molar-refractivity contribution in [2.24, 2.45) is 11.3 Å². The number of amides is 1. The maximum absolute atomic E-state index is 13.2. The van der Waals surface area contributed by atoms with Crippen molar-refractivity contribution < 1.29 is 29.3 Å². The van der Waals surface area contributed by atoms with Gasteiger partial charge in [0.05, 0.1) is 37.0 Å². The Labute approximate surface area is 188 Å². The molecule has 0 aromatic heterocycles. The molecule has 2 atom stereocenters. The first kappa shape index (κ1) is 25.1. The molecule has 0 spiro atoms. The van der Waals surface area contributed by atoms with E-state index in [1.807, 2.05) is 19.1 Å². The first-order valence-corrected chi connectivity index (χ1v) is 11.2. The van der Waals surface area contributed by atoms with Gasteiger partial charge in [0, 0.05) is 5.02 Å². The zero-order valence-corrected chi connectivity index (χ0v) is 18.7. The second-order valence-electron chi connectivity index (χ2n) is 8.43. The fourth-order valence-electron chi connectivity index (χ4n) is 4.31. The molecule has 1 saturated carbocycles. The lowest BCUT2D eigenvalue weighted by Crippen LogP contribution is -2.48. The summed E-state index contributed by atoms with van der Waals surface area (Å²) >= 11 is 5.87. The van der Waals surface area contributed by atoms with Crippen molar-refractivity contribution in [1.29, 1.82) is 0 Å². The fraction of sp³-hybridized carbons (Fsp3) is 0.609. The number of halogens is 1. The molecule has 172 valence electrons. The highest BCUT2D eigenvalue weighted by molar-refractivity contribution is 6.30. The van der Waals surface area contributed by atoms with E-state index >= 15 is 0 Å². The van der Waals surface area contributed by atoms with Crippen LogP contribution in [-0.4, -0.2) is 40.7 Å². The molecule has 1 aromatic carbocycles. The first-order valence-electron chi connectivity index (χ1n) is 10.8. The summed E-state index contributed by atoms with van der Waals surface area (Å²) in [6.45, 7) is 2.25. The van der Waals surface area contributed by atoms with Crippen molar-refractivity contribution >= 4 is 29.4 Å². The summed E-state index contributed by atoms with van der Waals surface area (Å²) in [6, 6.07) is 6.44. The maximum Gasteiger partial charge on any atom is 0.306 e. The van der Waals surface area contributed by atoms with Gasteiger partial charge in [0.1, 0.15) is 0 Å². The van der Waals surface area contributed by atoms with Gasteiger partial charge in [-0.2, -0.15) is 0 Å². The zero-order chi connectivity index (χ0) is 22.9. The second-order valence-corrected chi connectivity index (χ2v) is 8.86. The Balaban J connectivity index is 2.02. The summed E-state index contributed by atoms with van der Waals surface area (Å²) in [5.41, 5.74) is 0.131. The minimum atomic E-state index is -1.03. The summed E-state index contributed by atoms with van der Waals surface area (Å²) in [4.78, 5) is 36.2. The van der Waals surface area contributed by atoms with Crippen molar-refractivity contribution in [3.8, 4) is 0 Å². The molecule has 8 heteroatoms. The molecular weight excluding hydrogens is 422 g/mol. The van der Waals surface area contributed by atoms with Gasteiger partial charge in [-0.3, -0.25) is 14.4 Å². The summed E-state index contributed by atoms with van der Waals surface area (Å²) in [5.74, 6) is -2.74. The smallest absolute Gasteiger partial charge is 0.306 e. The highest BCUT2D eigenvalue weighted by Gasteiger charge is 2.44. The molecule has 0 heterocycles. The zero-order valence-electron chi connectivity index (χ0n) is 17.9. The van der Waals surface area contributed by atoms with Crippen LogP contribution in [0.15, 0.2) is 24.3 Å². The lowest BCUT2D eigenvalue weighted by atomic mass is 9.75. The van der Waals surface area contributed by atoms with Crippen LogP contribution in [0.25, 0.3) is 0 Å². The van der Waals surface area contributed by atoms with E-state index in [1.165, 1.54) is 0 Å². The van der Waals surface area contributed by atoms with Gasteiger partial charge in [0.25, 0.3) is 0 Å². The normalized spacial score (nSPS) is 17.1. The van der Waals surface area contributed by atoms with Gasteiger partial charge in [0.2, 0.25) is 5.91 Å². The molecule has 0 saturated heterocycles. The Morgan fingerprint density at radius 1 is 1.16 bits per heavy atom. The standard InChI is InChI=1S/C23H32ClNO6/c1-2-5-17(21(28)29)13-23(10-3-4-11-23)22(30)25-19(12-20(26)27)15-31-14-16-6-8-18(24)9-7-16/h6-9,17,19H,2-5,10-15H2,1H3,(H,25,30)(H,26,27)(H,28,29)/t17-,19-/m1/s1. The van der Waals surface area contributed by atoms with Gasteiger partial charge in [-0.05, 0) is 43.4 Å². The van der Waals surface area contributed by atoms with Crippen LogP contribution in [0.1, 0.15) is 63.9 Å². The highest BCUT2D eigenvalue weighted by Crippen LogP contribution is 2.44. The first-order chi connectivity index (χ1) is 14.8. The molecular formula is C23H32ClNO6. The van der Waals surface area contributed by atoms with E-state index in [2.05, 4.69) is 5.32 Å². The molecule has 3 N–H and O–H groups in total. The quantitative estimate of drug-likeness (QED) is 0.411. The second kappa shape index (κ2) is 12.1. The summed E-state index contributed by atoms with van der Waals surface area (Å²) < 4.78 is 5.66. The molecule has 0 bridgehead atoms. The Kier molecular flexibility index (Phi) is 9.78. The maximum atomic E-state index is 13.2. The van der Waals surface area contributed by atoms with Gasteiger partial charge in [-0.15, -0.1) is 0 Å². The van der Waals surface area contributed by atoms with Crippen LogP contribution >= 0.6 is 11.6 Å². The Bertz CT molecular complexity index is 745. The van der Waals surface area contributed by atoms with Gasteiger partial charge in [-0.1, -0.05) is 49.9 Å². The molecule has 1 amide bonds. The number of carbonyl (C=O) groups excluding carboxylic acids is 1. The van der Waals surface area contributed by atoms with Crippen LogP contribution in [0.3, 0.4) is 0 Å². The molecule has 31 heavy (non-hydrogen) atoms. The van der Waals surface area contributed by atoms with E-state index in [1.54, 1.807) is 12.1 Å². The Morgan fingerprint density at radius 3 is 2.35 bits per heavy atom. The van der Waals surface area contributed by atoms with Crippen LogP contribution in [0, 0.1) is 11.3 Å². The predicted molar refractivity (Wildman–Crippen MR) is 117 cm³/mol. The molecule has 1 fully saturated rings. The third kappa shape index (κ3) is 7.82. The Hall–Kier alpha value is -2.12. The van der Waals surface area contributed by atoms with Crippen LogP contribution in [0.4, 0.5) is 0 Å². The number of carbonyl (C=O) groups is 3. The minimum absolute atomic E-state index is 0.0497. The van der Waals surface area contributed by atoms with E-state index in [9.17, 15) is 24.6 Å². The largest absolute Gasteiger partial charge is 0.481 e. The van der Waals surface area contributed by atoms with Gasteiger partial charge < -0.3 is 20.3 Å². The van der Waals surface area contributed by atoms with E-state index < -0.39 is 29.3 Å². The average Bonchev–Trinajstić information content (AvgIpc) is 3.18. The number of carboxylic acid groups (broad SMARTS) is 2. The Morgan fingerprint density at radius 2 is 1.81 bits per heavy atom. The predicted octanol–water partition coefficient (Wildman–Crippen LogP) is 4.27. The minimum Gasteiger partial charge on any atom is -0.481 e. The molecule has 1 aliphatic carbocycles. The van der Waals surface area contributed by atoms with E-state index in [-0.39, 0.29) is 32.0 Å². The lowest BCUT2D eigenvalue weighted by molar-refractivity contribution is -0.144. The molecule has 0 aliphatic heterocycles. The van der Waals surface area contributed by atoms with Gasteiger partial charge in [0.15, 0.2) is 0 Å². The van der Waals surface area contributed by atoms with Crippen molar-refractivity contribution in [3.63, 3.8) is 0 Å². The van der Waals surface area contributed by atoms with E-state index in [0.717, 1.165) is 24.8 Å². The summed E-state index contributed by atoms with van der Waals surface area (Å²) in [7, 11) is 0. The van der Waals surface area contributed by atoms with Gasteiger partial charge >= 0.3 is 11.9 Å². The van der Waals surface area contributed by atoms with Crippen molar-refractivity contribution in [2.45, 2.75) is 70.9 Å². The number of nitrogens with one attached hydrogen (secondary N) is 1. The van der Waals surface area contributed by atoms with Crippen LogP contribution in [0.2, 0.25) is 5.02 Å². The van der Waals surface area contributed by atoms with Gasteiger partial charge in [-0.25, -0.2) is 0 Å². The van der Waals surface area contributed by atoms with Crippen molar-refractivity contribution in [3.05, 3.63) is 34.9 Å². The molecule has 0 unspecified atom stereocenters. The third-order valence-electron chi connectivity index (χ3n) is 5.92. The SMILES string of the molecule is CCC[C@H](CC1(C(=O)N[C@@H](COCc2ccc(Cl)cc2)CC(=O)O)CCCC1)C(=O)O. The summed E-state index contributed by atoms with van der Waals surface area (Å²) in [6.07, 6.45) is 4.25. The van der Waals surface area contributed by atoms with E-state index in [4.69, 9.17) is 16.3 Å². The molecule has 0 radical (unpaired) electrons. The van der Waals surface area contributed by atoms with E-state index in [0.29, 0.717) is 24.3 Å². The monoisotopic (exact) mass is 453 g/mol. The van der Waals surface area contributed by atoms with Crippen LogP contribution in [0.5, 0.6) is 0 Å². The number of hydrogen-bond donors (Lipinski definition) is 3. The molecule has 1 aliphatic rings. The number of hydrogen-bond acceptors (Lipinski definition) is 4. The number of carboxylic acids is 2. The lowest BCUT2D eigenvalue weighted by Gasteiger charge is -2.32.